The Labute approximate surface area is 115 Å². The summed E-state index contributed by atoms with van der Waals surface area (Å²) < 4.78 is 0. The Morgan fingerprint density at radius 3 is 2.79 bits per heavy atom. The number of benzene rings is 1. The molecule has 0 heterocycles. The summed E-state index contributed by atoms with van der Waals surface area (Å²) in [5.74, 6) is -0.163. The molecule has 0 bridgehead atoms. The van der Waals surface area contributed by atoms with E-state index in [1.54, 1.807) is 0 Å². The summed E-state index contributed by atoms with van der Waals surface area (Å²) in [6, 6.07) is 4.53. The first-order valence-electron chi connectivity index (χ1n) is 6.03. The lowest BCUT2D eigenvalue weighted by Gasteiger charge is -2.07. The van der Waals surface area contributed by atoms with E-state index in [1.165, 1.54) is 31.0 Å². The van der Waals surface area contributed by atoms with Gasteiger partial charge in [-0.2, -0.15) is 0 Å². The topological polar surface area (TPSA) is 84.3 Å². The van der Waals surface area contributed by atoms with Crippen LogP contribution in [0.25, 0.3) is 0 Å². The first kappa shape index (κ1) is 13.8. The molecular weight excluding hydrogens is 270 g/mol. The molecule has 1 aromatic rings. The molecule has 1 aliphatic carbocycles. The predicted molar refractivity (Wildman–Crippen MR) is 72.4 cm³/mol. The molecule has 7 heteroatoms. The number of hydrogen-bond donors (Lipinski definition) is 2. The lowest BCUT2D eigenvalue weighted by atomic mass is 10.2. The van der Waals surface area contributed by atoms with Crippen LogP contribution in [0.1, 0.15) is 19.3 Å². The summed E-state index contributed by atoms with van der Waals surface area (Å²) in [4.78, 5) is 21.7. The third-order valence-electron chi connectivity index (χ3n) is 2.80. The molecule has 0 spiro atoms. The number of hydrogen-bond acceptors (Lipinski definition) is 4. The van der Waals surface area contributed by atoms with Crippen molar-refractivity contribution in [2.24, 2.45) is 0 Å². The number of anilines is 1. The summed E-state index contributed by atoms with van der Waals surface area (Å²) in [6.07, 6.45) is 2.70. The minimum Gasteiger partial charge on any atom is -0.325 e. The van der Waals surface area contributed by atoms with Crippen molar-refractivity contribution in [2.45, 2.75) is 25.3 Å². The lowest BCUT2D eigenvalue weighted by Crippen LogP contribution is -2.23. The predicted octanol–water partition coefficient (Wildman–Crippen LogP) is 2.33. The number of halogens is 1. The van der Waals surface area contributed by atoms with E-state index in [9.17, 15) is 14.9 Å². The van der Waals surface area contributed by atoms with Crippen molar-refractivity contribution >= 4 is 28.9 Å². The van der Waals surface area contributed by atoms with Crippen LogP contribution in [0.15, 0.2) is 18.2 Å². The quantitative estimate of drug-likeness (QED) is 0.620. The zero-order valence-corrected chi connectivity index (χ0v) is 10.9. The van der Waals surface area contributed by atoms with Crippen molar-refractivity contribution in [2.75, 3.05) is 11.9 Å². The normalized spacial score (nSPS) is 14.2. The zero-order valence-electron chi connectivity index (χ0n) is 10.2. The molecule has 6 nitrogen and oxygen atoms in total. The van der Waals surface area contributed by atoms with Gasteiger partial charge in [-0.15, -0.1) is 0 Å². The Hall–Kier alpha value is -1.66. The van der Waals surface area contributed by atoms with Gasteiger partial charge in [0.2, 0.25) is 5.91 Å². The highest BCUT2D eigenvalue weighted by atomic mass is 35.5. The lowest BCUT2D eigenvalue weighted by molar-refractivity contribution is -0.384. The number of non-ortho nitro benzene ring substituents is 1. The largest absolute Gasteiger partial charge is 0.325 e. The minimum atomic E-state index is -0.531. The van der Waals surface area contributed by atoms with E-state index in [2.05, 4.69) is 10.6 Å². The number of amides is 1. The van der Waals surface area contributed by atoms with Crippen LogP contribution in [0.4, 0.5) is 11.4 Å². The third-order valence-corrected chi connectivity index (χ3v) is 3.11. The van der Waals surface area contributed by atoms with Gasteiger partial charge in [-0.1, -0.05) is 11.6 Å². The molecule has 0 radical (unpaired) electrons. The molecule has 1 aliphatic rings. The van der Waals surface area contributed by atoms with Gasteiger partial charge in [0.25, 0.3) is 5.69 Å². The number of carbonyl (C=O) groups excluding carboxylic acids is 1. The van der Waals surface area contributed by atoms with Crippen molar-refractivity contribution in [3.05, 3.63) is 33.3 Å². The van der Waals surface area contributed by atoms with Gasteiger partial charge in [-0.25, -0.2) is 0 Å². The minimum absolute atomic E-state index is 0.0987. The van der Waals surface area contributed by atoms with E-state index in [4.69, 9.17) is 11.6 Å². The van der Waals surface area contributed by atoms with E-state index in [0.717, 1.165) is 0 Å². The molecule has 0 aromatic heterocycles. The summed E-state index contributed by atoms with van der Waals surface area (Å²) in [7, 11) is 0. The van der Waals surface area contributed by atoms with Gasteiger partial charge >= 0.3 is 0 Å². The van der Waals surface area contributed by atoms with E-state index in [-0.39, 0.29) is 16.6 Å². The van der Waals surface area contributed by atoms with Gasteiger partial charge < -0.3 is 10.6 Å². The van der Waals surface area contributed by atoms with Crippen molar-refractivity contribution in [1.82, 2.24) is 5.32 Å². The van der Waals surface area contributed by atoms with Crippen LogP contribution in [-0.4, -0.2) is 23.4 Å². The van der Waals surface area contributed by atoms with E-state index < -0.39 is 4.92 Å². The Morgan fingerprint density at radius 1 is 1.47 bits per heavy atom. The van der Waals surface area contributed by atoms with Crippen molar-refractivity contribution in [1.29, 1.82) is 0 Å². The van der Waals surface area contributed by atoms with Crippen LogP contribution in [0.2, 0.25) is 5.02 Å². The third kappa shape index (κ3) is 4.18. The highest BCUT2D eigenvalue weighted by Gasteiger charge is 2.20. The smallest absolute Gasteiger partial charge is 0.271 e. The van der Waals surface area contributed by atoms with E-state index in [1.807, 2.05) is 0 Å². The molecule has 1 saturated carbocycles. The molecular formula is C12H14ClN3O3. The van der Waals surface area contributed by atoms with Crippen molar-refractivity contribution in [3.8, 4) is 0 Å². The maximum atomic E-state index is 11.6. The highest BCUT2D eigenvalue weighted by Crippen LogP contribution is 2.26. The fraction of sp³-hybridized carbons (Fsp3) is 0.417. The summed E-state index contributed by atoms with van der Waals surface area (Å²) in [5.41, 5.74) is 0.294. The summed E-state index contributed by atoms with van der Waals surface area (Å²) >= 11 is 5.88. The van der Waals surface area contributed by atoms with Gasteiger partial charge in [0.15, 0.2) is 0 Å². The van der Waals surface area contributed by atoms with Crippen molar-refractivity contribution < 1.29 is 9.72 Å². The van der Waals surface area contributed by atoms with Gasteiger partial charge in [0, 0.05) is 31.1 Å². The van der Waals surface area contributed by atoms with Gasteiger partial charge in [0.1, 0.15) is 0 Å². The number of carbonyl (C=O) groups is 1. The number of nitrogens with zero attached hydrogens (tertiary/aromatic N) is 1. The van der Waals surface area contributed by atoms with Crippen LogP contribution in [0, 0.1) is 10.1 Å². The number of rotatable bonds is 6. The number of nitro benzene ring substituents is 1. The second-order valence-corrected chi connectivity index (χ2v) is 4.86. The molecule has 0 atom stereocenters. The summed E-state index contributed by atoms with van der Waals surface area (Å²) in [5, 5.41) is 16.6. The van der Waals surface area contributed by atoms with Crippen LogP contribution in [-0.2, 0) is 4.79 Å². The van der Waals surface area contributed by atoms with Gasteiger partial charge in [-0.3, -0.25) is 14.9 Å². The molecule has 0 unspecified atom stereocenters. The fourth-order valence-electron chi connectivity index (χ4n) is 1.61. The summed E-state index contributed by atoms with van der Waals surface area (Å²) in [6.45, 7) is 0.626. The Morgan fingerprint density at radius 2 is 2.21 bits per heavy atom. The average molecular weight is 284 g/mol. The second-order valence-electron chi connectivity index (χ2n) is 4.45. The zero-order chi connectivity index (χ0) is 13.8. The van der Waals surface area contributed by atoms with Crippen LogP contribution in [0.3, 0.4) is 0 Å². The first-order valence-corrected chi connectivity index (χ1v) is 6.41. The van der Waals surface area contributed by atoms with Crippen molar-refractivity contribution in [3.63, 3.8) is 0 Å². The van der Waals surface area contributed by atoms with E-state index in [0.29, 0.717) is 24.7 Å². The van der Waals surface area contributed by atoms with Gasteiger partial charge in [0.05, 0.1) is 15.6 Å². The molecule has 2 N–H and O–H groups in total. The molecule has 1 fully saturated rings. The molecule has 1 amide bonds. The Kier molecular flexibility index (Phi) is 4.34. The van der Waals surface area contributed by atoms with Crippen LogP contribution < -0.4 is 10.6 Å². The molecule has 0 saturated heterocycles. The maximum Gasteiger partial charge on any atom is 0.271 e. The Bertz CT molecular complexity index is 503. The molecule has 1 aromatic carbocycles. The standard InChI is InChI=1S/C12H14ClN3O3/c13-10-7-9(16(18)19)3-4-11(10)15-12(17)5-6-14-8-1-2-8/h3-4,7-8,14H,1-2,5-6H2,(H,15,17). The Balaban J connectivity index is 1.86. The fourth-order valence-corrected chi connectivity index (χ4v) is 1.83. The molecule has 102 valence electrons. The molecule has 19 heavy (non-hydrogen) atoms. The number of nitro groups is 1. The van der Waals surface area contributed by atoms with Gasteiger partial charge in [-0.05, 0) is 18.9 Å². The SMILES string of the molecule is O=C(CCNC1CC1)Nc1ccc([N+](=O)[O-])cc1Cl. The second kappa shape index (κ2) is 5.99. The van der Waals surface area contributed by atoms with Crippen LogP contribution in [0.5, 0.6) is 0 Å². The average Bonchev–Trinajstić information content (AvgIpc) is 3.15. The van der Waals surface area contributed by atoms with E-state index >= 15 is 0 Å². The first-order chi connectivity index (χ1) is 9.06. The monoisotopic (exact) mass is 283 g/mol. The molecule has 0 aliphatic heterocycles. The highest BCUT2D eigenvalue weighted by molar-refractivity contribution is 6.33. The van der Waals surface area contributed by atoms with Crippen LogP contribution >= 0.6 is 11.6 Å². The molecule has 2 rings (SSSR count). The maximum absolute atomic E-state index is 11.6. The number of nitrogens with one attached hydrogen (secondary N) is 2.